The first-order valence-electron chi connectivity index (χ1n) is 6.32. The van der Waals surface area contributed by atoms with Gasteiger partial charge in [-0.15, -0.1) is 0 Å². The van der Waals surface area contributed by atoms with E-state index in [2.05, 4.69) is 5.43 Å². The van der Waals surface area contributed by atoms with Crippen molar-refractivity contribution in [2.75, 3.05) is 0 Å². The molecule has 2 atom stereocenters. The van der Waals surface area contributed by atoms with Crippen molar-refractivity contribution in [2.24, 2.45) is 17.2 Å². The van der Waals surface area contributed by atoms with Crippen LogP contribution in [0.5, 0.6) is 0 Å². The molecule has 0 aromatic rings. The van der Waals surface area contributed by atoms with Crippen LogP contribution in [0.25, 0.3) is 0 Å². The Balaban J connectivity index is 2.74. The summed E-state index contributed by atoms with van der Waals surface area (Å²) in [5.74, 6) is 4.89. The molecule has 0 saturated carbocycles. The van der Waals surface area contributed by atoms with Crippen molar-refractivity contribution in [1.29, 1.82) is 0 Å². The zero-order valence-electron chi connectivity index (χ0n) is 11.7. The van der Waals surface area contributed by atoms with E-state index in [1.54, 1.807) is 0 Å². The number of hydrazine groups is 1. The molecule has 0 saturated heterocycles. The molecule has 0 aliphatic heterocycles. The Morgan fingerprint density at radius 2 is 2.17 bits per heavy atom. The molecule has 4 nitrogen and oxygen atoms in total. The number of aliphatic hydroxyl groups is 1. The average molecular weight is 252 g/mol. The third-order valence-corrected chi connectivity index (χ3v) is 3.71. The Hall–Kier alpha value is -1.13. The molecular weight excluding hydrogens is 228 g/mol. The van der Waals surface area contributed by atoms with Crippen molar-refractivity contribution in [3.8, 4) is 0 Å². The lowest BCUT2D eigenvalue weighted by atomic mass is 9.67. The van der Waals surface area contributed by atoms with E-state index < -0.39 is 5.60 Å². The van der Waals surface area contributed by atoms with E-state index in [9.17, 15) is 9.90 Å². The zero-order valence-corrected chi connectivity index (χ0v) is 11.7. The van der Waals surface area contributed by atoms with Gasteiger partial charge in [0.15, 0.2) is 0 Å². The first-order valence-corrected chi connectivity index (χ1v) is 6.32. The quantitative estimate of drug-likeness (QED) is 0.406. The normalized spacial score (nSPS) is 27.9. The molecule has 2 unspecified atom stereocenters. The first kappa shape index (κ1) is 14.9. The van der Waals surface area contributed by atoms with Gasteiger partial charge in [-0.1, -0.05) is 51.5 Å². The van der Waals surface area contributed by atoms with Crippen LogP contribution < -0.4 is 11.3 Å². The molecule has 102 valence electrons. The van der Waals surface area contributed by atoms with Crippen LogP contribution in [-0.2, 0) is 4.79 Å². The summed E-state index contributed by atoms with van der Waals surface area (Å²) < 4.78 is 0. The number of hydrogen-bond acceptors (Lipinski definition) is 3. The van der Waals surface area contributed by atoms with Gasteiger partial charge in [0, 0.05) is 12.3 Å². The Kier molecular flexibility index (Phi) is 4.35. The number of nitrogens with one attached hydrogen (secondary N) is 1. The topological polar surface area (TPSA) is 75.4 Å². The van der Waals surface area contributed by atoms with Crippen molar-refractivity contribution in [1.82, 2.24) is 5.43 Å². The van der Waals surface area contributed by atoms with E-state index >= 15 is 0 Å². The van der Waals surface area contributed by atoms with Crippen molar-refractivity contribution in [3.63, 3.8) is 0 Å². The van der Waals surface area contributed by atoms with Crippen molar-refractivity contribution < 1.29 is 9.90 Å². The van der Waals surface area contributed by atoms with Gasteiger partial charge in [-0.25, -0.2) is 5.84 Å². The number of rotatable bonds is 3. The summed E-state index contributed by atoms with van der Waals surface area (Å²) >= 11 is 0. The highest BCUT2D eigenvalue weighted by Gasteiger charge is 2.42. The second kappa shape index (κ2) is 5.24. The van der Waals surface area contributed by atoms with Gasteiger partial charge in [-0.05, 0) is 11.8 Å². The van der Waals surface area contributed by atoms with Gasteiger partial charge in [-0.2, -0.15) is 0 Å². The summed E-state index contributed by atoms with van der Waals surface area (Å²) in [6.07, 6.45) is 6.81. The molecule has 1 aliphatic carbocycles. The molecule has 4 N–H and O–H groups in total. The van der Waals surface area contributed by atoms with Crippen LogP contribution in [0.1, 0.15) is 40.5 Å². The summed E-state index contributed by atoms with van der Waals surface area (Å²) in [7, 11) is 0. The molecule has 0 aromatic heterocycles. The van der Waals surface area contributed by atoms with Crippen LogP contribution in [0.4, 0.5) is 0 Å². The fourth-order valence-electron chi connectivity index (χ4n) is 2.32. The van der Waals surface area contributed by atoms with Crippen molar-refractivity contribution >= 4 is 5.91 Å². The highest BCUT2D eigenvalue weighted by molar-refractivity contribution is 5.75. The van der Waals surface area contributed by atoms with E-state index in [4.69, 9.17) is 5.84 Å². The highest BCUT2D eigenvalue weighted by atomic mass is 16.3. The molecule has 0 radical (unpaired) electrons. The fraction of sp³-hybridized carbons (Fsp3) is 0.643. The average Bonchev–Trinajstić information content (AvgIpc) is 2.28. The standard InChI is InChI=1S/C14H24N2O2/c1-10-9-11(5-6-12(17)16-15)7-8-14(10,18)13(2,3)4/h7-10,18H,5-6,15H2,1-4H3,(H,16,17). The maximum absolute atomic E-state index is 11.1. The van der Waals surface area contributed by atoms with Gasteiger partial charge in [-0.3, -0.25) is 10.2 Å². The number of amides is 1. The van der Waals surface area contributed by atoms with Gasteiger partial charge in [0.2, 0.25) is 5.91 Å². The molecule has 0 fully saturated rings. The van der Waals surface area contributed by atoms with Gasteiger partial charge in [0.25, 0.3) is 0 Å². The first-order chi connectivity index (χ1) is 8.20. The molecule has 0 heterocycles. The van der Waals surface area contributed by atoms with E-state index in [0.717, 1.165) is 5.57 Å². The van der Waals surface area contributed by atoms with E-state index in [0.29, 0.717) is 12.8 Å². The second-order valence-electron chi connectivity index (χ2n) is 6.01. The van der Waals surface area contributed by atoms with Crippen molar-refractivity contribution in [2.45, 2.75) is 46.1 Å². The molecule has 1 amide bonds. The maximum atomic E-state index is 11.1. The Morgan fingerprint density at radius 3 is 2.61 bits per heavy atom. The third kappa shape index (κ3) is 3.00. The summed E-state index contributed by atoms with van der Waals surface area (Å²) in [6, 6.07) is 0. The second-order valence-corrected chi connectivity index (χ2v) is 6.01. The minimum atomic E-state index is -0.841. The molecule has 18 heavy (non-hydrogen) atoms. The summed E-state index contributed by atoms with van der Waals surface area (Å²) in [5.41, 5.74) is 2.12. The van der Waals surface area contributed by atoms with Gasteiger partial charge in [0.1, 0.15) is 0 Å². The minimum absolute atomic E-state index is 0.0263. The Morgan fingerprint density at radius 1 is 1.56 bits per heavy atom. The maximum Gasteiger partial charge on any atom is 0.234 e. The predicted molar refractivity (Wildman–Crippen MR) is 72.4 cm³/mol. The van der Waals surface area contributed by atoms with Crippen LogP contribution in [0, 0.1) is 11.3 Å². The fourth-order valence-corrected chi connectivity index (χ4v) is 2.32. The molecule has 0 bridgehead atoms. The van der Waals surface area contributed by atoms with Gasteiger partial charge in [0.05, 0.1) is 5.60 Å². The van der Waals surface area contributed by atoms with Crippen LogP contribution >= 0.6 is 0 Å². The summed E-state index contributed by atoms with van der Waals surface area (Å²) in [5, 5.41) is 10.7. The third-order valence-electron chi connectivity index (χ3n) is 3.71. The molecule has 1 aliphatic rings. The minimum Gasteiger partial charge on any atom is -0.385 e. The lowest BCUT2D eigenvalue weighted by Gasteiger charge is -2.43. The molecule has 4 heteroatoms. The molecular formula is C14H24N2O2. The number of hydrogen-bond donors (Lipinski definition) is 3. The predicted octanol–water partition coefficient (Wildman–Crippen LogP) is 1.67. The summed E-state index contributed by atoms with van der Waals surface area (Å²) in [6.45, 7) is 8.06. The van der Waals surface area contributed by atoms with E-state index in [1.165, 1.54) is 0 Å². The number of carbonyl (C=O) groups excluding carboxylic acids is 1. The lowest BCUT2D eigenvalue weighted by Crippen LogP contribution is -2.47. The Bertz CT molecular complexity index is 380. The van der Waals surface area contributed by atoms with Crippen LogP contribution in [-0.4, -0.2) is 16.6 Å². The molecule has 1 rings (SSSR count). The number of allylic oxidation sites excluding steroid dienone is 2. The van der Waals surface area contributed by atoms with Crippen LogP contribution in [0.2, 0.25) is 0 Å². The SMILES string of the molecule is CC1C=C(CCC(=O)NN)C=CC1(O)C(C)(C)C. The lowest BCUT2D eigenvalue weighted by molar-refractivity contribution is -0.121. The highest BCUT2D eigenvalue weighted by Crippen LogP contribution is 2.41. The van der Waals surface area contributed by atoms with Crippen molar-refractivity contribution in [3.05, 3.63) is 23.8 Å². The zero-order chi connectivity index (χ0) is 14.0. The van der Waals surface area contributed by atoms with E-state index in [-0.39, 0.29) is 17.2 Å². The molecule has 0 spiro atoms. The van der Waals surface area contributed by atoms with Gasteiger partial charge >= 0.3 is 0 Å². The van der Waals surface area contributed by atoms with E-state index in [1.807, 2.05) is 45.9 Å². The number of carbonyl (C=O) groups is 1. The smallest absolute Gasteiger partial charge is 0.234 e. The largest absolute Gasteiger partial charge is 0.385 e. The summed E-state index contributed by atoms with van der Waals surface area (Å²) in [4.78, 5) is 11.1. The van der Waals surface area contributed by atoms with Crippen LogP contribution in [0.15, 0.2) is 23.8 Å². The van der Waals surface area contributed by atoms with Crippen LogP contribution in [0.3, 0.4) is 0 Å². The monoisotopic (exact) mass is 252 g/mol. The molecule has 0 aromatic carbocycles. The van der Waals surface area contributed by atoms with Gasteiger partial charge < -0.3 is 5.11 Å². The number of nitrogens with two attached hydrogens (primary N) is 1. The Labute approximate surface area is 109 Å².